The summed E-state index contributed by atoms with van der Waals surface area (Å²) in [5, 5.41) is 0. The molecule has 0 saturated carbocycles. The van der Waals surface area contributed by atoms with Gasteiger partial charge in [-0.2, -0.15) is 0 Å². The Hall–Kier alpha value is -2.06. The first-order valence-corrected chi connectivity index (χ1v) is 11.8. The van der Waals surface area contributed by atoms with Gasteiger partial charge in [0.1, 0.15) is 0 Å². The maximum absolute atomic E-state index is 12.8. The second-order valence-corrected chi connectivity index (χ2v) is 9.11. The van der Waals surface area contributed by atoms with Crippen LogP contribution in [0.2, 0.25) is 0 Å². The summed E-state index contributed by atoms with van der Waals surface area (Å²) < 4.78 is 5.33. The molecule has 1 aromatic carbocycles. The minimum absolute atomic E-state index is 0.00551. The summed E-state index contributed by atoms with van der Waals surface area (Å²) in [7, 11) is 0. The molecule has 3 amide bonds. The van der Waals surface area contributed by atoms with E-state index in [1.54, 1.807) is 21.6 Å². The third-order valence-electron chi connectivity index (χ3n) is 6.03. The highest BCUT2D eigenvalue weighted by Crippen LogP contribution is 2.34. The molecule has 3 aliphatic rings. The zero-order valence-corrected chi connectivity index (χ0v) is 18.1. The van der Waals surface area contributed by atoms with E-state index in [0.717, 1.165) is 29.2 Å². The fourth-order valence-corrected chi connectivity index (χ4v) is 5.38. The fraction of sp³-hybridized carbons (Fsp3) is 0.591. The quantitative estimate of drug-likeness (QED) is 0.729. The largest absolute Gasteiger partial charge is 0.378 e. The lowest BCUT2D eigenvalue weighted by atomic mass is 9.96. The van der Waals surface area contributed by atoms with E-state index in [1.165, 1.54) is 0 Å². The minimum atomic E-state index is -0.137. The molecule has 1 atom stereocenters. The molecule has 0 spiro atoms. The Morgan fingerprint density at radius 1 is 0.967 bits per heavy atom. The van der Waals surface area contributed by atoms with E-state index in [1.807, 2.05) is 29.2 Å². The van der Waals surface area contributed by atoms with Crippen molar-refractivity contribution in [3.05, 3.63) is 24.3 Å². The molecule has 30 heavy (non-hydrogen) atoms. The van der Waals surface area contributed by atoms with Gasteiger partial charge in [0, 0.05) is 56.2 Å². The van der Waals surface area contributed by atoms with Crippen molar-refractivity contribution in [3.8, 4) is 0 Å². The van der Waals surface area contributed by atoms with Crippen LogP contribution >= 0.6 is 11.8 Å². The molecule has 1 aromatic rings. The Morgan fingerprint density at radius 3 is 2.57 bits per heavy atom. The van der Waals surface area contributed by atoms with Crippen molar-refractivity contribution in [2.45, 2.75) is 30.6 Å². The van der Waals surface area contributed by atoms with Crippen molar-refractivity contribution in [3.63, 3.8) is 0 Å². The summed E-state index contributed by atoms with van der Waals surface area (Å²) in [6.45, 7) is 4.24. The van der Waals surface area contributed by atoms with E-state index in [4.69, 9.17) is 4.74 Å². The van der Waals surface area contributed by atoms with Crippen LogP contribution in [0.15, 0.2) is 29.2 Å². The van der Waals surface area contributed by atoms with Crippen LogP contribution in [0.4, 0.5) is 5.69 Å². The highest BCUT2D eigenvalue weighted by Gasteiger charge is 2.32. The number of amides is 3. The number of para-hydroxylation sites is 1. The van der Waals surface area contributed by atoms with Crippen molar-refractivity contribution < 1.29 is 19.1 Å². The van der Waals surface area contributed by atoms with Crippen LogP contribution < -0.4 is 4.90 Å². The van der Waals surface area contributed by atoms with Gasteiger partial charge >= 0.3 is 0 Å². The highest BCUT2D eigenvalue weighted by atomic mass is 32.2. The number of thioether (sulfide) groups is 1. The van der Waals surface area contributed by atoms with Crippen LogP contribution in [-0.4, -0.2) is 79.2 Å². The monoisotopic (exact) mass is 431 g/mol. The lowest BCUT2D eigenvalue weighted by Gasteiger charge is -2.36. The van der Waals surface area contributed by atoms with Crippen molar-refractivity contribution in [2.24, 2.45) is 5.92 Å². The maximum atomic E-state index is 12.8. The standard InChI is InChI=1S/C22H29N3O4S/c26-20(7-8-21(27)25-12-15-30-19-6-2-1-5-18(19)25)24-9-3-4-17(16-24)22(28)23-10-13-29-14-11-23/h1-2,5-6,17H,3-4,7-16H2. The predicted octanol–water partition coefficient (Wildman–Crippen LogP) is 2.00. The second-order valence-electron chi connectivity index (χ2n) is 7.98. The molecular formula is C22H29N3O4S. The SMILES string of the molecule is O=C(CCC(=O)N1CCSc2ccccc21)N1CCCC(C(=O)N2CCOCC2)C1. The molecule has 4 rings (SSSR count). The van der Waals surface area contributed by atoms with Crippen LogP contribution in [0.1, 0.15) is 25.7 Å². The number of ether oxygens (including phenoxy) is 1. The van der Waals surface area contributed by atoms with E-state index in [2.05, 4.69) is 0 Å². The number of benzene rings is 1. The summed E-state index contributed by atoms with van der Waals surface area (Å²) in [5.41, 5.74) is 0.945. The van der Waals surface area contributed by atoms with Crippen LogP contribution in [0, 0.1) is 5.92 Å². The number of likely N-dealkylation sites (tertiary alicyclic amines) is 1. The van der Waals surface area contributed by atoms with Crippen LogP contribution in [0.25, 0.3) is 0 Å². The Labute approximate surface area is 181 Å². The number of anilines is 1. The van der Waals surface area contributed by atoms with Gasteiger partial charge in [-0.15, -0.1) is 11.8 Å². The predicted molar refractivity (Wildman–Crippen MR) is 115 cm³/mol. The summed E-state index contributed by atoms with van der Waals surface area (Å²) in [4.78, 5) is 44.9. The van der Waals surface area contributed by atoms with Crippen molar-refractivity contribution in [1.29, 1.82) is 0 Å². The number of piperidine rings is 1. The smallest absolute Gasteiger partial charge is 0.227 e. The maximum Gasteiger partial charge on any atom is 0.227 e. The Morgan fingerprint density at radius 2 is 1.73 bits per heavy atom. The molecule has 0 N–H and O–H groups in total. The Bertz CT molecular complexity index is 796. The van der Waals surface area contributed by atoms with E-state index >= 15 is 0 Å². The van der Waals surface area contributed by atoms with E-state index in [0.29, 0.717) is 45.9 Å². The number of nitrogens with zero attached hydrogens (tertiary/aromatic N) is 3. The molecule has 8 heteroatoms. The lowest BCUT2D eigenvalue weighted by Crippen LogP contribution is -2.49. The average molecular weight is 432 g/mol. The van der Waals surface area contributed by atoms with Gasteiger partial charge in [-0.3, -0.25) is 14.4 Å². The van der Waals surface area contributed by atoms with Crippen molar-refractivity contribution in [1.82, 2.24) is 9.80 Å². The summed E-state index contributed by atoms with van der Waals surface area (Å²) in [5.74, 6) is 0.835. The molecule has 2 saturated heterocycles. The molecule has 2 fully saturated rings. The van der Waals surface area contributed by atoms with E-state index in [9.17, 15) is 14.4 Å². The Kier molecular flexibility index (Phi) is 6.94. The van der Waals surface area contributed by atoms with Gasteiger partial charge in [0.15, 0.2) is 0 Å². The van der Waals surface area contributed by atoms with Gasteiger partial charge in [0.05, 0.1) is 24.8 Å². The summed E-state index contributed by atoms with van der Waals surface area (Å²) >= 11 is 1.76. The minimum Gasteiger partial charge on any atom is -0.378 e. The normalized spacial score (nSPS) is 21.9. The molecule has 7 nitrogen and oxygen atoms in total. The first-order chi connectivity index (χ1) is 14.6. The Balaban J connectivity index is 1.29. The van der Waals surface area contributed by atoms with Gasteiger partial charge in [-0.1, -0.05) is 12.1 Å². The molecule has 0 radical (unpaired) electrons. The van der Waals surface area contributed by atoms with E-state index < -0.39 is 0 Å². The topological polar surface area (TPSA) is 70.2 Å². The zero-order chi connectivity index (χ0) is 20.9. The second kappa shape index (κ2) is 9.83. The molecular weight excluding hydrogens is 402 g/mol. The number of rotatable bonds is 4. The third-order valence-corrected chi connectivity index (χ3v) is 7.07. The van der Waals surface area contributed by atoms with Crippen LogP contribution in [0.5, 0.6) is 0 Å². The lowest BCUT2D eigenvalue weighted by molar-refractivity contribution is -0.144. The average Bonchev–Trinajstić information content (AvgIpc) is 2.82. The van der Waals surface area contributed by atoms with Crippen molar-refractivity contribution >= 4 is 35.2 Å². The van der Waals surface area contributed by atoms with Gasteiger partial charge < -0.3 is 19.4 Å². The summed E-state index contributed by atoms with van der Waals surface area (Å²) in [6, 6.07) is 7.92. The van der Waals surface area contributed by atoms with Crippen LogP contribution in [-0.2, 0) is 19.1 Å². The molecule has 1 unspecified atom stereocenters. The first kappa shape index (κ1) is 21.2. The molecule has 0 aromatic heterocycles. The van der Waals surface area contributed by atoms with Gasteiger partial charge in [0.25, 0.3) is 0 Å². The molecule has 0 bridgehead atoms. The van der Waals surface area contributed by atoms with Crippen LogP contribution in [0.3, 0.4) is 0 Å². The third kappa shape index (κ3) is 4.81. The number of carbonyl (C=O) groups excluding carboxylic acids is 3. The van der Waals surface area contributed by atoms with Gasteiger partial charge in [0.2, 0.25) is 17.7 Å². The zero-order valence-electron chi connectivity index (χ0n) is 17.3. The van der Waals surface area contributed by atoms with Gasteiger partial charge in [-0.05, 0) is 25.0 Å². The molecule has 3 aliphatic heterocycles. The molecule has 3 heterocycles. The van der Waals surface area contributed by atoms with Gasteiger partial charge in [-0.25, -0.2) is 0 Å². The summed E-state index contributed by atoms with van der Waals surface area (Å²) in [6.07, 6.45) is 2.05. The van der Waals surface area contributed by atoms with E-state index in [-0.39, 0.29) is 36.5 Å². The van der Waals surface area contributed by atoms with Crippen molar-refractivity contribution in [2.75, 3.05) is 56.6 Å². The number of hydrogen-bond donors (Lipinski definition) is 0. The molecule has 162 valence electrons. The highest BCUT2D eigenvalue weighted by molar-refractivity contribution is 7.99. The fourth-order valence-electron chi connectivity index (χ4n) is 4.38. The number of carbonyl (C=O) groups is 3. The number of hydrogen-bond acceptors (Lipinski definition) is 5. The molecule has 0 aliphatic carbocycles. The number of fused-ring (bicyclic) bond motifs is 1. The number of morpholine rings is 1. The first-order valence-electron chi connectivity index (χ1n) is 10.8.